The minimum Gasteiger partial charge on any atom is -0.432 e. The van der Waals surface area contributed by atoms with E-state index >= 15 is 0 Å². The van der Waals surface area contributed by atoms with Gasteiger partial charge in [-0.3, -0.25) is 0 Å². The zero-order valence-electron chi connectivity index (χ0n) is 22.5. The maximum atomic E-state index is 11.9. The van der Waals surface area contributed by atoms with Gasteiger partial charge >= 0.3 is 6.16 Å². The summed E-state index contributed by atoms with van der Waals surface area (Å²) >= 11 is 0. The number of hydrogen-bond acceptors (Lipinski definition) is 4. The van der Waals surface area contributed by atoms with E-state index in [1.165, 1.54) is 56.9 Å². The molecule has 0 spiro atoms. The molecule has 4 aliphatic rings. The van der Waals surface area contributed by atoms with Crippen LogP contribution >= 0.6 is 0 Å². The number of rotatable bonds is 8. The van der Waals surface area contributed by atoms with Crippen LogP contribution in [0.4, 0.5) is 4.79 Å². The molecule has 0 aromatic carbocycles. The Kier molecular flexibility index (Phi) is 8.06. The van der Waals surface area contributed by atoms with Crippen LogP contribution in [0.15, 0.2) is 11.6 Å². The molecular formula is C30H50O4. The van der Waals surface area contributed by atoms with Crippen LogP contribution in [0.1, 0.15) is 105 Å². The van der Waals surface area contributed by atoms with Crippen LogP contribution in [0, 0.1) is 46.3 Å². The van der Waals surface area contributed by atoms with Crippen molar-refractivity contribution in [2.75, 3.05) is 13.2 Å². The normalized spacial score (nSPS) is 40.1. The summed E-state index contributed by atoms with van der Waals surface area (Å²) < 4.78 is 10.5. The van der Waals surface area contributed by atoms with Crippen molar-refractivity contribution in [2.45, 2.75) is 111 Å². The number of aliphatic hydroxyl groups is 1. The van der Waals surface area contributed by atoms with Crippen molar-refractivity contribution in [1.82, 2.24) is 0 Å². The molecule has 0 aromatic rings. The van der Waals surface area contributed by atoms with Crippen molar-refractivity contribution in [3.05, 3.63) is 11.6 Å². The molecule has 4 nitrogen and oxygen atoms in total. The summed E-state index contributed by atoms with van der Waals surface area (Å²) in [6, 6.07) is 0. The van der Waals surface area contributed by atoms with Crippen LogP contribution in [-0.2, 0) is 9.47 Å². The van der Waals surface area contributed by atoms with Gasteiger partial charge in [-0.2, -0.15) is 0 Å². The van der Waals surface area contributed by atoms with Crippen molar-refractivity contribution in [3.63, 3.8) is 0 Å². The first-order valence-electron chi connectivity index (χ1n) is 14.3. The molecule has 194 valence electrons. The van der Waals surface area contributed by atoms with Gasteiger partial charge < -0.3 is 14.6 Å². The fraction of sp³-hybridized carbons (Fsp3) is 0.900. The maximum absolute atomic E-state index is 11.9. The van der Waals surface area contributed by atoms with E-state index in [0.29, 0.717) is 5.41 Å². The molecule has 8 atom stereocenters. The van der Waals surface area contributed by atoms with Gasteiger partial charge in [0, 0.05) is 6.42 Å². The average molecular weight is 475 g/mol. The molecular weight excluding hydrogens is 424 g/mol. The SMILES string of the molecule is CC(C)CCCC(C)C1CCC2[C@@H]3CC=C4C[C@@H](OC(=O)OCCO)CC[C@]4(C)C3CC[C@]12C. The smallest absolute Gasteiger partial charge is 0.432 e. The van der Waals surface area contributed by atoms with Gasteiger partial charge in [0.15, 0.2) is 0 Å². The van der Waals surface area contributed by atoms with Crippen LogP contribution in [0.5, 0.6) is 0 Å². The van der Waals surface area contributed by atoms with Crippen molar-refractivity contribution < 1.29 is 19.4 Å². The van der Waals surface area contributed by atoms with Crippen LogP contribution in [0.2, 0.25) is 0 Å². The molecule has 3 saturated carbocycles. The van der Waals surface area contributed by atoms with Gasteiger partial charge in [0.1, 0.15) is 12.7 Å². The minimum atomic E-state index is -0.634. The molecule has 4 unspecified atom stereocenters. The van der Waals surface area contributed by atoms with E-state index in [1.807, 2.05) is 0 Å². The van der Waals surface area contributed by atoms with Crippen molar-refractivity contribution in [3.8, 4) is 0 Å². The molecule has 0 heterocycles. The number of ether oxygens (including phenoxy) is 2. The second kappa shape index (κ2) is 10.5. The Morgan fingerprint density at radius 2 is 1.88 bits per heavy atom. The van der Waals surface area contributed by atoms with Gasteiger partial charge in [-0.15, -0.1) is 0 Å². The summed E-state index contributed by atoms with van der Waals surface area (Å²) in [7, 11) is 0. The number of allylic oxidation sites excluding steroid dienone is 1. The second-order valence-corrected chi connectivity index (χ2v) is 13.1. The third kappa shape index (κ3) is 4.95. The summed E-state index contributed by atoms with van der Waals surface area (Å²) in [6.07, 6.45) is 15.7. The Hall–Kier alpha value is -1.03. The van der Waals surface area contributed by atoms with E-state index < -0.39 is 6.16 Å². The number of fused-ring (bicyclic) bond motifs is 5. The third-order valence-corrected chi connectivity index (χ3v) is 10.8. The van der Waals surface area contributed by atoms with E-state index in [9.17, 15) is 4.79 Å². The Labute approximate surface area is 208 Å². The van der Waals surface area contributed by atoms with Gasteiger partial charge in [0.2, 0.25) is 0 Å². The highest BCUT2D eigenvalue weighted by atomic mass is 16.7. The monoisotopic (exact) mass is 474 g/mol. The van der Waals surface area contributed by atoms with Gasteiger partial charge in [-0.05, 0) is 91.3 Å². The van der Waals surface area contributed by atoms with Gasteiger partial charge in [0.05, 0.1) is 6.61 Å². The molecule has 3 fully saturated rings. The minimum absolute atomic E-state index is 0.00716. The number of aliphatic hydroxyl groups excluding tert-OH is 1. The fourth-order valence-corrected chi connectivity index (χ4v) is 9.05. The van der Waals surface area contributed by atoms with E-state index in [4.69, 9.17) is 14.6 Å². The lowest BCUT2D eigenvalue weighted by Crippen LogP contribution is -2.51. The molecule has 1 N–H and O–H groups in total. The molecule has 0 bridgehead atoms. The average Bonchev–Trinajstić information content (AvgIpc) is 3.15. The Bertz CT molecular complexity index is 744. The van der Waals surface area contributed by atoms with Gasteiger partial charge in [-0.1, -0.05) is 65.5 Å². The lowest BCUT2D eigenvalue weighted by Gasteiger charge is -2.58. The van der Waals surface area contributed by atoms with Crippen molar-refractivity contribution in [2.24, 2.45) is 46.3 Å². The topological polar surface area (TPSA) is 55.8 Å². The third-order valence-electron chi connectivity index (χ3n) is 10.8. The van der Waals surface area contributed by atoms with Gasteiger partial charge in [-0.25, -0.2) is 4.79 Å². The summed E-state index contributed by atoms with van der Waals surface area (Å²) in [5.74, 6) is 5.06. The number of carbonyl (C=O) groups excluding carboxylic acids is 1. The molecule has 4 aliphatic carbocycles. The molecule has 4 rings (SSSR count). The second-order valence-electron chi connectivity index (χ2n) is 13.1. The zero-order chi connectivity index (χ0) is 24.5. The summed E-state index contributed by atoms with van der Waals surface area (Å²) in [6.45, 7) is 12.3. The van der Waals surface area contributed by atoms with Crippen LogP contribution in [-0.4, -0.2) is 30.6 Å². The molecule has 0 radical (unpaired) electrons. The fourth-order valence-electron chi connectivity index (χ4n) is 9.05. The highest BCUT2D eigenvalue weighted by molar-refractivity contribution is 5.60. The summed E-state index contributed by atoms with van der Waals surface area (Å²) in [5.41, 5.74) is 2.32. The number of carbonyl (C=O) groups is 1. The Morgan fingerprint density at radius 3 is 2.62 bits per heavy atom. The Balaban J connectivity index is 1.41. The maximum Gasteiger partial charge on any atom is 0.508 e. The lowest BCUT2D eigenvalue weighted by molar-refractivity contribution is -0.0620. The molecule has 0 amide bonds. The van der Waals surface area contributed by atoms with Crippen molar-refractivity contribution >= 4 is 6.16 Å². The molecule has 0 aliphatic heterocycles. The zero-order valence-corrected chi connectivity index (χ0v) is 22.5. The first kappa shape index (κ1) is 26.0. The predicted octanol–water partition coefficient (Wildman–Crippen LogP) is 7.54. The Morgan fingerprint density at radius 1 is 1.09 bits per heavy atom. The number of hydrogen-bond donors (Lipinski definition) is 1. The lowest BCUT2D eigenvalue weighted by atomic mass is 9.47. The molecule has 0 aromatic heterocycles. The summed E-state index contributed by atoms with van der Waals surface area (Å²) in [4.78, 5) is 11.9. The van der Waals surface area contributed by atoms with E-state index in [1.54, 1.807) is 0 Å². The van der Waals surface area contributed by atoms with Crippen LogP contribution in [0.25, 0.3) is 0 Å². The van der Waals surface area contributed by atoms with E-state index in [0.717, 1.165) is 54.8 Å². The van der Waals surface area contributed by atoms with Gasteiger partial charge in [0.25, 0.3) is 0 Å². The predicted molar refractivity (Wildman–Crippen MR) is 136 cm³/mol. The highest BCUT2D eigenvalue weighted by Gasteiger charge is 2.59. The first-order valence-corrected chi connectivity index (χ1v) is 14.3. The van der Waals surface area contributed by atoms with Crippen LogP contribution < -0.4 is 0 Å². The quantitative estimate of drug-likeness (QED) is 0.291. The van der Waals surface area contributed by atoms with E-state index in [-0.39, 0.29) is 24.7 Å². The molecule has 34 heavy (non-hydrogen) atoms. The van der Waals surface area contributed by atoms with Crippen molar-refractivity contribution in [1.29, 1.82) is 0 Å². The standard InChI is InChI=1S/C30H50O4/c1-20(2)7-6-8-21(3)25-11-12-26-24-10-9-22-19-23(34-28(32)33-18-17-31)13-15-29(22,4)27(24)14-16-30(25,26)5/h9,20-21,23-27,31H,6-8,10-19H2,1-5H3/t21?,23-,24-,25?,26?,27?,29-,30+/m0/s1. The summed E-state index contributed by atoms with van der Waals surface area (Å²) in [5, 5.41) is 8.86. The molecule has 4 heteroatoms. The first-order chi connectivity index (χ1) is 16.2. The molecule has 0 saturated heterocycles. The highest BCUT2D eigenvalue weighted by Crippen LogP contribution is 2.67. The largest absolute Gasteiger partial charge is 0.508 e. The van der Waals surface area contributed by atoms with E-state index in [2.05, 4.69) is 40.7 Å². The van der Waals surface area contributed by atoms with Crippen LogP contribution in [0.3, 0.4) is 0 Å².